The van der Waals surface area contributed by atoms with E-state index in [1.54, 1.807) is 36.5 Å². The fraction of sp³-hybridized carbons (Fsp3) is 0.292. The van der Waals surface area contributed by atoms with Crippen LogP contribution in [0.3, 0.4) is 0 Å². The minimum Gasteiger partial charge on any atom is -0.493 e. The Bertz CT molecular complexity index is 983. The third-order valence-electron chi connectivity index (χ3n) is 4.81. The van der Waals surface area contributed by atoms with Gasteiger partial charge in [0, 0.05) is 37.3 Å². The number of amides is 1. The van der Waals surface area contributed by atoms with Gasteiger partial charge in [-0.3, -0.25) is 14.6 Å². The Labute approximate surface area is 181 Å². The van der Waals surface area contributed by atoms with Crippen molar-refractivity contribution in [3.05, 3.63) is 72.2 Å². The average Bonchev–Trinajstić information content (AvgIpc) is 3.31. The summed E-state index contributed by atoms with van der Waals surface area (Å²) >= 11 is 0. The van der Waals surface area contributed by atoms with E-state index >= 15 is 0 Å². The lowest BCUT2D eigenvalue weighted by Crippen LogP contribution is -2.27. The van der Waals surface area contributed by atoms with Crippen LogP contribution in [-0.4, -0.2) is 40.5 Å². The number of hydrogen-bond acceptors (Lipinski definition) is 5. The highest BCUT2D eigenvalue weighted by atomic mass is 16.5. The molecule has 7 heteroatoms. The number of pyridine rings is 1. The monoisotopic (exact) mass is 422 g/mol. The predicted octanol–water partition coefficient (Wildman–Crippen LogP) is 4.64. The van der Waals surface area contributed by atoms with Crippen LogP contribution < -0.4 is 4.74 Å². The van der Waals surface area contributed by atoms with E-state index in [0.29, 0.717) is 31.0 Å². The topological polar surface area (TPSA) is 92.9 Å². The van der Waals surface area contributed by atoms with Crippen LogP contribution >= 0.6 is 0 Å². The van der Waals surface area contributed by atoms with Crippen molar-refractivity contribution in [2.24, 2.45) is 0 Å². The molecule has 0 aliphatic heterocycles. The Hall–Kier alpha value is -3.61. The van der Waals surface area contributed by atoms with E-state index in [1.807, 2.05) is 36.4 Å². The lowest BCUT2D eigenvalue weighted by atomic mass is 10.1. The normalized spacial score (nSPS) is 10.6. The zero-order valence-electron chi connectivity index (χ0n) is 17.5. The fourth-order valence-corrected chi connectivity index (χ4v) is 3.14. The van der Waals surface area contributed by atoms with E-state index in [2.05, 4.69) is 4.98 Å². The van der Waals surface area contributed by atoms with Crippen LogP contribution in [0.1, 0.15) is 41.7 Å². The van der Waals surface area contributed by atoms with Crippen LogP contribution in [0.15, 0.2) is 65.4 Å². The first-order valence-corrected chi connectivity index (χ1v) is 10.2. The Kier molecular flexibility index (Phi) is 7.81. The fourth-order valence-electron chi connectivity index (χ4n) is 3.14. The van der Waals surface area contributed by atoms with E-state index in [4.69, 9.17) is 14.3 Å². The van der Waals surface area contributed by atoms with Gasteiger partial charge in [0.1, 0.15) is 17.2 Å². The van der Waals surface area contributed by atoms with E-state index in [0.717, 1.165) is 29.7 Å². The molecule has 7 nitrogen and oxygen atoms in total. The number of ether oxygens (including phenoxy) is 1. The van der Waals surface area contributed by atoms with Gasteiger partial charge in [0.05, 0.1) is 12.9 Å². The molecule has 0 spiro atoms. The van der Waals surface area contributed by atoms with Crippen LogP contribution in [0, 0.1) is 0 Å². The smallest absolute Gasteiger partial charge is 0.303 e. The predicted molar refractivity (Wildman–Crippen MR) is 116 cm³/mol. The van der Waals surface area contributed by atoms with Gasteiger partial charge in [0.25, 0.3) is 5.91 Å². The van der Waals surface area contributed by atoms with Crippen molar-refractivity contribution in [3.8, 4) is 17.1 Å². The highest BCUT2D eigenvalue weighted by molar-refractivity contribution is 5.92. The molecule has 1 amide bonds. The third-order valence-corrected chi connectivity index (χ3v) is 4.81. The zero-order valence-corrected chi connectivity index (χ0v) is 17.5. The number of carbonyl (C=O) groups is 2. The Morgan fingerprint density at radius 1 is 1.06 bits per heavy atom. The molecule has 0 saturated carbocycles. The highest BCUT2D eigenvalue weighted by Crippen LogP contribution is 2.22. The molecule has 0 radical (unpaired) electrons. The van der Waals surface area contributed by atoms with Crippen molar-refractivity contribution in [1.29, 1.82) is 0 Å². The maximum absolute atomic E-state index is 12.8. The molecule has 0 aliphatic carbocycles. The summed E-state index contributed by atoms with van der Waals surface area (Å²) < 4.78 is 11.2. The molecule has 2 aromatic heterocycles. The second-order valence-electron chi connectivity index (χ2n) is 7.23. The third kappa shape index (κ3) is 6.44. The van der Waals surface area contributed by atoms with E-state index in [1.165, 1.54) is 0 Å². The van der Waals surface area contributed by atoms with E-state index in [-0.39, 0.29) is 12.3 Å². The average molecular weight is 422 g/mol. The Morgan fingerprint density at radius 3 is 2.61 bits per heavy atom. The number of benzene rings is 1. The summed E-state index contributed by atoms with van der Waals surface area (Å²) in [6.07, 6.45) is 5.62. The molecule has 3 aromatic rings. The van der Waals surface area contributed by atoms with E-state index in [9.17, 15) is 9.59 Å². The van der Waals surface area contributed by atoms with Gasteiger partial charge in [-0.2, -0.15) is 0 Å². The van der Waals surface area contributed by atoms with Crippen LogP contribution in [0.25, 0.3) is 11.3 Å². The molecule has 0 aliphatic rings. The number of nitrogens with zero attached hydrogens (tertiary/aromatic N) is 2. The summed E-state index contributed by atoms with van der Waals surface area (Å²) in [5, 5.41) is 8.68. The number of hydrogen-bond donors (Lipinski definition) is 1. The number of rotatable bonds is 11. The molecule has 2 heterocycles. The van der Waals surface area contributed by atoms with Gasteiger partial charge >= 0.3 is 5.97 Å². The van der Waals surface area contributed by atoms with Crippen LogP contribution in [0.4, 0.5) is 0 Å². The molecule has 162 valence electrons. The first-order chi connectivity index (χ1) is 15.0. The first kappa shape index (κ1) is 22.1. The van der Waals surface area contributed by atoms with Crippen LogP contribution in [0.2, 0.25) is 0 Å². The van der Waals surface area contributed by atoms with Gasteiger partial charge in [-0.15, -0.1) is 0 Å². The second-order valence-corrected chi connectivity index (χ2v) is 7.23. The number of para-hydroxylation sites is 1. The minimum atomic E-state index is -0.774. The molecule has 0 atom stereocenters. The number of carboxylic acids is 1. The molecule has 0 unspecified atom stereocenters. The number of carbonyl (C=O) groups excluding carboxylic acids is 1. The summed E-state index contributed by atoms with van der Waals surface area (Å²) in [5.74, 6) is 0.467. The molecule has 3 rings (SSSR count). The van der Waals surface area contributed by atoms with Crippen molar-refractivity contribution < 1.29 is 23.8 Å². The molecule has 1 N–H and O–H groups in total. The molecular weight excluding hydrogens is 396 g/mol. The largest absolute Gasteiger partial charge is 0.493 e. The van der Waals surface area contributed by atoms with Crippen molar-refractivity contribution >= 4 is 11.9 Å². The van der Waals surface area contributed by atoms with Gasteiger partial charge in [0.15, 0.2) is 0 Å². The quantitative estimate of drug-likeness (QED) is 0.453. The maximum Gasteiger partial charge on any atom is 0.303 e. The number of aromatic nitrogens is 1. The molecular formula is C24H26N2O5. The molecule has 1 aromatic carbocycles. The Morgan fingerprint density at radius 2 is 1.90 bits per heavy atom. The second kappa shape index (κ2) is 11.0. The Balaban J connectivity index is 1.55. The van der Waals surface area contributed by atoms with Gasteiger partial charge in [0.2, 0.25) is 0 Å². The molecule has 0 bridgehead atoms. The standard InChI is InChI=1S/C24H26N2O5/c1-26(24(29)20-13-12-18(16-25-20)21-10-7-15-31-21)17-19-8-4-5-9-22(19)30-14-6-2-3-11-23(27)28/h4-5,7-10,12-13,15-16H,2-3,6,11,14,17H2,1H3,(H,27,28). The minimum absolute atomic E-state index is 0.181. The summed E-state index contributed by atoms with van der Waals surface area (Å²) in [6.45, 7) is 0.889. The highest BCUT2D eigenvalue weighted by Gasteiger charge is 2.16. The first-order valence-electron chi connectivity index (χ1n) is 10.2. The van der Waals surface area contributed by atoms with Gasteiger partial charge in [-0.25, -0.2) is 0 Å². The van der Waals surface area contributed by atoms with E-state index < -0.39 is 5.97 Å². The SMILES string of the molecule is CN(Cc1ccccc1OCCCCCC(=O)O)C(=O)c1ccc(-c2ccco2)cn1. The molecule has 0 saturated heterocycles. The maximum atomic E-state index is 12.8. The number of unbranched alkanes of at least 4 members (excludes halogenated alkanes) is 2. The number of aliphatic carboxylic acids is 1. The summed E-state index contributed by atoms with van der Waals surface area (Å²) in [5.41, 5.74) is 2.07. The summed E-state index contributed by atoms with van der Waals surface area (Å²) in [4.78, 5) is 29.2. The van der Waals surface area contributed by atoms with Crippen molar-refractivity contribution in [1.82, 2.24) is 9.88 Å². The molecule has 0 fully saturated rings. The zero-order chi connectivity index (χ0) is 22.1. The van der Waals surface area contributed by atoms with Crippen molar-refractivity contribution in [2.45, 2.75) is 32.2 Å². The lowest BCUT2D eigenvalue weighted by Gasteiger charge is -2.19. The number of carboxylic acid groups (broad SMARTS) is 1. The number of furan rings is 1. The lowest BCUT2D eigenvalue weighted by molar-refractivity contribution is -0.137. The van der Waals surface area contributed by atoms with Gasteiger partial charge in [-0.05, 0) is 49.6 Å². The van der Waals surface area contributed by atoms with Gasteiger partial charge < -0.3 is 19.2 Å². The summed E-state index contributed by atoms with van der Waals surface area (Å²) in [6, 6.07) is 14.7. The van der Waals surface area contributed by atoms with Crippen molar-refractivity contribution in [2.75, 3.05) is 13.7 Å². The van der Waals surface area contributed by atoms with Crippen LogP contribution in [0.5, 0.6) is 5.75 Å². The molecule has 31 heavy (non-hydrogen) atoms. The van der Waals surface area contributed by atoms with Crippen molar-refractivity contribution in [3.63, 3.8) is 0 Å². The van der Waals surface area contributed by atoms with Gasteiger partial charge in [-0.1, -0.05) is 18.2 Å². The van der Waals surface area contributed by atoms with Crippen LogP contribution in [-0.2, 0) is 11.3 Å². The summed E-state index contributed by atoms with van der Waals surface area (Å²) in [7, 11) is 1.73.